The average molecular weight is 387 g/mol. The van der Waals surface area contributed by atoms with E-state index in [1.807, 2.05) is 0 Å². The fraction of sp³-hybridized carbons (Fsp3) is 0.188. The molecule has 0 atom stereocenters. The van der Waals surface area contributed by atoms with Crippen molar-refractivity contribution >= 4 is 40.8 Å². The molecule has 1 aromatic carbocycles. The Morgan fingerprint density at radius 2 is 1.92 bits per heavy atom. The second-order valence-corrected chi connectivity index (χ2v) is 5.62. The second kappa shape index (κ2) is 7.67. The number of hydrogen-bond donors (Lipinski definition) is 1. The number of methoxy groups -OCH3 is 2. The van der Waals surface area contributed by atoms with Crippen molar-refractivity contribution in [1.29, 1.82) is 0 Å². The normalized spacial score (nSPS) is 10.3. The molecule has 0 aliphatic carbocycles. The lowest BCUT2D eigenvalue weighted by atomic mass is 10.1. The molecule has 0 unspecified atom stereocenters. The molecule has 9 heteroatoms. The van der Waals surface area contributed by atoms with Gasteiger partial charge in [-0.3, -0.25) is 4.79 Å². The van der Waals surface area contributed by atoms with Crippen LogP contribution in [0.25, 0.3) is 11.3 Å². The highest BCUT2D eigenvalue weighted by atomic mass is 35.5. The molecule has 1 heterocycles. The molecular weight excluding hydrogens is 374 g/mol. The second-order valence-electron chi connectivity index (χ2n) is 4.83. The third kappa shape index (κ3) is 3.83. The smallest absolute Gasteiger partial charge is 0.358 e. The van der Waals surface area contributed by atoms with Gasteiger partial charge in [0.15, 0.2) is 17.3 Å². The van der Waals surface area contributed by atoms with Gasteiger partial charge in [-0.05, 0) is 18.2 Å². The third-order valence-electron chi connectivity index (χ3n) is 3.18. The van der Waals surface area contributed by atoms with Crippen molar-refractivity contribution in [2.75, 3.05) is 19.5 Å². The van der Waals surface area contributed by atoms with Crippen LogP contribution in [0.5, 0.6) is 5.75 Å². The van der Waals surface area contributed by atoms with E-state index in [4.69, 9.17) is 27.9 Å². The lowest BCUT2D eigenvalue weighted by Crippen LogP contribution is -2.12. The first kappa shape index (κ1) is 19.0. The maximum atomic E-state index is 14.6. The summed E-state index contributed by atoms with van der Waals surface area (Å²) in [5, 5.41) is 2.42. The molecule has 0 aliphatic rings. The van der Waals surface area contributed by atoms with Crippen LogP contribution in [0.3, 0.4) is 0 Å². The maximum absolute atomic E-state index is 14.6. The van der Waals surface area contributed by atoms with Gasteiger partial charge in [-0.2, -0.15) is 0 Å². The molecule has 1 amide bonds. The Morgan fingerprint density at radius 3 is 2.48 bits per heavy atom. The molecule has 2 aromatic rings. The van der Waals surface area contributed by atoms with E-state index in [0.29, 0.717) is 0 Å². The van der Waals surface area contributed by atoms with E-state index in [2.05, 4.69) is 15.0 Å². The first-order valence-electron chi connectivity index (χ1n) is 6.89. The lowest BCUT2D eigenvalue weighted by Gasteiger charge is -2.13. The number of carbonyl (C=O) groups excluding carboxylic acids is 2. The SMILES string of the molecule is COC(=O)c1nc(-c2ccc(Cl)c(OC)c2F)cc(NC(C)=O)c1Cl. The Balaban J connectivity index is 2.73. The number of rotatable bonds is 4. The Labute approximate surface area is 152 Å². The predicted octanol–water partition coefficient (Wildman–Crippen LogP) is 3.95. The minimum atomic E-state index is -0.834. The van der Waals surface area contributed by atoms with Crippen LogP contribution in [0, 0.1) is 5.82 Å². The lowest BCUT2D eigenvalue weighted by molar-refractivity contribution is -0.114. The number of nitrogens with one attached hydrogen (secondary N) is 1. The number of hydrogen-bond acceptors (Lipinski definition) is 5. The number of halogens is 3. The fourth-order valence-corrected chi connectivity index (χ4v) is 2.54. The van der Waals surface area contributed by atoms with E-state index in [0.717, 1.165) is 7.11 Å². The van der Waals surface area contributed by atoms with E-state index in [9.17, 15) is 14.0 Å². The van der Waals surface area contributed by atoms with Crippen LogP contribution >= 0.6 is 23.2 Å². The summed E-state index contributed by atoms with van der Waals surface area (Å²) >= 11 is 12.0. The summed E-state index contributed by atoms with van der Waals surface area (Å²) in [5.41, 5.74) is -0.123. The third-order valence-corrected chi connectivity index (χ3v) is 3.86. The van der Waals surface area contributed by atoms with Gasteiger partial charge in [-0.15, -0.1) is 0 Å². The van der Waals surface area contributed by atoms with E-state index in [1.165, 1.54) is 32.2 Å². The van der Waals surface area contributed by atoms with Crippen LogP contribution < -0.4 is 10.1 Å². The molecule has 0 saturated carbocycles. The summed E-state index contributed by atoms with van der Waals surface area (Å²) in [4.78, 5) is 27.3. The first-order chi connectivity index (χ1) is 11.8. The fourth-order valence-electron chi connectivity index (χ4n) is 2.10. The van der Waals surface area contributed by atoms with E-state index in [1.54, 1.807) is 0 Å². The van der Waals surface area contributed by atoms with Crippen molar-refractivity contribution in [3.63, 3.8) is 0 Å². The first-order valence-corrected chi connectivity index (χ1v) is 7.64. The van der Waals surface area contributed by atoms with Crippen molar-refractivity contribution in [3.8, 4) is 17.0 Å². The molecule has 25 heavy (non-hydrogen) atoms. The summed E-state index contributed by atoms with van der Waals surface area (Å²) in [6.07, 6.45) is 0. The van der Waals surface area contributed by atoms with Crippen molar-refractivity contribution in [1.82, 2.24) is 4.98 Å². The van der Waals surface area contributed by atoms with Crippen LogP contribution in [-0.4, -0.2) is 31.1 Å². The number of anilines is 1. The maximum Gasteiger partial charge on any atom is 0.358 e. The minimum Gasteiger partial charge on any atom is -0.492 e. The Bertz CT molecular complexity index is 859. The van der Waals surface area contributed by atoms with Gasteiger partial charge in [-0.25, -0.2) is 14.2 Å². The molecule has 0 fully saturated rings. The Kier molecular flexibility index (Phi) is 5.81. The molecule has 2 rings (SSSR count). The van der Waals surface area contributed by atoms with Gasteiger partial charge in [0, 0.05) is 12.5 Å². The molecule has 132 valence electrons. The molecule has 1 aromatic heterocycles. The Morgan fingerprint density at radius 1 is 1.24 bits per heavy atom. The standard InChI is InChI=1S/C16H13Cl2FN2O4/c1-7(22)20-11-6-10(21-14(12(11)18)16(23)25-3)8-4-5-9(17)15(24-2)13(8)19/h4-6H,1-3H3,(H,20,21,22). The average Bonchev–Trinajstić information content (AvgIpc) is 2.56. The summed E-state index contributed by atoms with van der Waals surface area (Å²) < 4.78 is 24.2. The molecule has 0 spiro atoms. The highest BCUT2D eigenvalue weighted by molar-refractivity contribution is 6.36. The molecule has 0 bridgehead atoms. The number of ether oxygens (including phenoxy) is 2. The van der Waals surface area contributed by atoms with Gasteiger partial charge in [0.25, 0.3) is 0 Å². The van der Waals surface area contributed by atoms with Crippen LogP contribution in [0.15, 0.2) is 18.2 Å². The summed E-state index contributed by atoms with van der Waals surface area (Å²) in [6, 6.07) is 4.13. The Hall–Kier alpha value is -2.38. The topological polar surface area (TPSA) is 77.5 Å². The number of pyridine rings is 1. The monoisotopic (exact) mass is 386 g/mol. The van der Waals surface area contributed by atoms with E-state index >= 15 is 0 Å². The number of carbonyl (C=O) groups is 2. The zero-order valence-corrected chi connectivity index (χ0v) is 15.0. The largest absolute Gasteiger partial charge is 0.492 e. The number of nitrogens with zero attached hydrogens (tertiary/aromatic N) is 1. The summed E-state index contributed by atoms with van der Waals surface area (Å²) in [6.45, 7) is 1.26. The van der Waals surface area contributed by atoms with Gasteiger partial charge in [-0.1, -0.05) is 23.2 Å². The molecule has 0 radical (unpaired) electrons. The van der Waals surface area contributed by atoms with E-state index in [-0.39, 0.29) is 38.4 Å². The summed E-state index contributed by atoms with van der Waals surface area (Å²) in [5.74, 6) is -2.20. The van der Waals surface area contributed by atoms with Gasteiger partial charge in [0.1, 0.15) is 0 Å². The van der Waals surface area contributed by atoms with Crippen LogP contribution in [-0.2, 0) is 9.53 Å². The van der Waals surface area contributed by atoms with Crippen LogP contribution in [0.2, 0.25) is 10.0 Å². The summed E-state index contributed by atoms with van der Waals surface area (Å²) in [7, 11) is 2.42. The zero-order valence-electron chi connectivity index (χ0n) is 13.4. The van der Waals surface area contributed by atoms with Crippen LogP contribution in [0.4, 0.5) is 10.1 Å². The molecule has 1 N–H and O–H groups in total. The predicted molar refractivity (Wildman–Crippen MR) is 91.8 cm³/mol. The van der Waals surface area contributed by atoms with Crippen LogP contribution in [0.1, 0.15) is 17.4 Å². The van der Waals surface area contributed by atoms with Gasteiger partial charge in [0.05, 0.1) is 35.6 Å². The number of benzene rings is 1. The molecule has 0 aliphatic heterocycles. The quantitative estimate of drug-likeness (QED) is 0.804. The minimum absolute atomic E-state index is 0.00896. The van der Waals surface area contributed by atoms with Gasteiger partial charge < -0.3 is 14.8 Å². The molecule has 6 nitrogen and oxygen atoms in total. The van der Waals surface area contributed by atoms with Crippen molar-refractivity contribution in [3.05, 3.63) is 39.8 Å². The molecule has 0 saturated heterocycles. The number of esters is 1. The number of amides is 1. The van der Waals surface area contributed by atoms with Gasteiger partial charge >= 0.3 is 5.97 Å². The van der Waals surface area contributed by atoms with Crippen molar-refractivity contribution in [2.24, 2.45) is 0 Å². The highest BCUT2D eigenvalue weighted by Gasteiger charge is 2.22. The number of aromatic nitrogens is 1. The van der Waals surface area contributed by atoms with E-state index < -0.39 is 17.7 Å². The van der Waals surface area contributed by atoms with Gasteiger partial charge in [0.2, 0.25) is 5.91 Å². The zero-order chi connectivity index (χ0) is 18.7. The highest BCUT2D eigenvalue weighted by Crippen LogP contribution is 2.37. The van der Waals surface area contributed by atoms with Crippen molar-refractivity contribution in [2.45, 2.75) is 6.92 Å². The van der Waals surface area contributed by atoms with Crippen molar-refractivity contribution < 1.29 is 23.5 Å². The molecular formula is C16H13Cl2FN2O4.